The first-order valence-electron chi connectivity index (χ1n) is 5.47. The van der Waals surface area contributed by atoms with Gasteiger partial charge in [-0.25, -0.2) is 4.98 Å². The minimum absolute atomic E-state index is 0.0999. The number of carbonyl (C=O) groups excluding carboxylic acids is 1. The third kappa shape index (κ3) is 2.53. The first-order chi connectivity index (χ1) is 8.95. The second kappa shape index (κ2) is 4.89. The van der Waals surface area contributed by atoms with Crippen molar-refractivity contribution in [3.05, 3.63) is 17.2 Å². The summed E-state index contributed by atoms with van der Waals surface area (Å²) in [5.74, 6) is -1.85. The normalized spacial score (nSPS) is 14.6. The van der Waals surface area contributed by atoms with E-state index in [9.17, 15) is 18.0 Å². The van der Waals surface area contributed by atoms with Gasteiger partial charge in [-0.15, -0.1) is 0 Å². The summed E-state index contributed by atoms with van der Waals surface area (Å²) in [5.41, 5.74) is -0.0937. The molecule has 0 saturated carbocycles. The van der Waals surface area contributed by atoms with Gasteiger partial charge in [-0.1, -0.05) is 0 Å². The van der Waals surface area contributed by atoms with E-state index in [0.29, 0.717) is 6.54 Å². The molecular formula is C10H10F3N5O. The van der Waals surface area contributed by atoms with Crippen LogP contribution in [0.3, 0.4) is 0 Å². The van der Waals surface area contributed by atoms with E-state index in [2.05, 4.69) is 15.6 Å². The molecule has 0 aromatic carbocycles. The minimum atomic E-state index is -4.61. The molecule has 0 radical (unpaired) electrons. The van der Waals surface area contributed by atoms with Crippen LogP contribution in [0.25, 0.3) is 0 Å². The number of carbonyl (C=O) groups is 1. The van der Waals surface area contributed by atoms with Crippen LogP contribution in [0, 0.1) is 11.3 Å². The van der Waals surface area contributed by atoms with Crippen LogP contribution in [-0.4, -0.2) is 28.5 Å². The van der Waals surface area contributed by atoms with Gasteiger partial charge in [-0.3, -0.25) is 4.79 Å². The lowest BCUT2D eigenvalue weighted by atomic mass is 10.2. The van der Waals surface area contributed by atoms with Crippen LogP contribution in [0.15, 0.2) is 0 Å². The Kier molecular flexibility index (Phi) is 3.44. The Morgan fingerprint density at radius 3 is 2.95 bits per heavy atom. The van der Waals surface area contributed by atoms with Crippen molar-refractivity contribution in [1.82, 2.24) is 20.2 Å². The summed E-state index contributed by atoms with van der Waals surface area (Å²) in [5, 5.41) is 13.4. The van der Waals surface area contributed by atoms with E-state index in [4.69, 9.17) is 5.26 Å². The van der Waals surface area contributed by atoms with Crippen molar-refractivity contribution in [3.8, 4) is 6.07 Å². The Morgan fingerprint density at radius 2 is 2.32 bits per heavy atom. The van der Waals surface area contributed by atoms with Gasteiger partial charge < -0.3 is 15.2 Å². The molecule has 2 heterocycles. The highest BCUT2D eigenvalue weighted by Crippen LogP contribution is 2.31. The predicted octanol–water partition coefficient (Wildman–Crippen LogP) is 0.258. The fraction of sp³-hybridized carbons (Fsp3) is 0.500. The fourth-order valence-corrected chi connectivity index (χ4v) is 1.91. The quantitative estimate of drug-likeness (QED) is 0.757. The molecule has 0 unspecified atom stereocenters. The lowest BCUT2D eigenvalue weighted by Gasteiger charge is -2.19. The summed E-state index contributed by atoms with van der Waals surface area (Å²) in [6, 6.07) is 1.68. The lowest BCUT2D eigenvalue weighted by molar-refractivity contribution is -0.147. The SMILES string of the molecule is N#CCNC(=O)c1nc(C(F)(F)F)n2c1CNCC2. The van der Waals surface area contributed by atoms with E-state index in [1.807, 2.05) is 0 Å². The largest absolute Gasteiger partial charge is 0.449 e. The number of halogens is 3. The summed E-state index contributed by atoms with van der Waals surface area (Å²) in [6.07, 6.45) is -4.61. The number of nitrogens with one attached hydrogen (secondary N) is 2. The Hall–Kier alpha value is -2.08. The number of aromatic nitrogens is 2. The maximum Gasteiger partial charge on any atom is 0.449 e. The average Bonchev–Trinajstić information content (AvgIpc) is 2.75. The van der Waals surface area contributed by atoms with E-state index in [1.54, 1.807) is 6.07 Å². The molecule has 0 atom stereocenters. The summed E-state index contributed by atoms with van der Waals surface area (Å²) >= 11 is 0. The number of imidazole rings is 1. The van der Waals surface area contributed by atoms with Gasteiger partial charge in [0, 0.05) is 19.6 Å². The van der Waals surface area contributed by atoms with Gasteiger partial charge >= 0.3 is 6.18 Å². The third-order valence-corrected chi connectivity index (χ3v) is 2.67. The van der Waals surface area contributed by atoms with E-state index >= 15 is 0 Å². The second-order valence-electron chi connectivity index (χ2n) is 3.90. The standard InChI is InChI=1S/C10H10F3N5O/c11-10(12,13)9-17-7(8(19)16-2-1-14)6-5-15-3-4-18(6)9/h15H,2-5H2,(H,16,19). The molecule has 9 heteroatoms. The molecule has 0 saturated heterocycles. The van der Waals surface area contributed by atoms with Gasteiger partial charge in [0.1, 0.15) is 6.54 Å². The smallest absolute Gasteiger partial charge is 0.338 e. The lowest BCUT2D eigenvalue weighted by Crippen LogP contribution is -2.32. The molecule has 19 heavy (non-hydrogen) atoms. The van der Waals surface area contributed by atoms with Crippen molar-refractivity contribution in [2.45, 2.75) is 19.3 Å². The topological polar surface area (TPSA) is 82.7 Å². The van der Waals surface area contributed by atoms with E-state index < -0.39 is 17.9 Å². The van der Waals surface area contributed by atoms with Crippen LogP contribution in [0.2, 0.25) is 0 Å². The summed E-state index contributed by atoms with van der Waals surface area (Å²) in [4.78, 5) is 15.1. The molecule has 1 aliphatic heterocycles. The molecule has 0 bridgehead atoms. The number of nitrogens with zero attached hydrogens (tertiary/aromatic N) is 3. The zero-order valence-corrected chi connectivity index (χ0v) is 9.71. The van der Waals surface area contributed by atoms with E-state index in [0.717, 1.165) is 4.57 Å². The zero-order chi connectivity index (χ0) is 14.0. The van der Waals surface area contributed by atoms with Gasteiger partial charge in [-0.2, -0.15) is 18.4 Å². The second-order valence-corrected chi connectivity index (χ2v) is 3.90. The maximum absolute atomic E-state index is 12.8. The fourth-order valence-electron chi connectivity index (χ4n) is 1.91. The molecule has 1 aromatic rings. The summed E-state index contributed by atoms with van der Waals surface area (Å²) in [6.45, 7) is 0.340. The number of amides is 1. The number of nitriles is 1. The van der Waals surface area contributed by atoms with Crippen molar-refractivity contribution in [2.75, 3.05) is 13.1 Å². The van der Waals surface area contributed by atoms with Crippen LogP contribution in [0.5, 0.6) is 0 Å². The highest BCUT2D eigenvalue weighted by Gasteiger charge is 2.40. The maximum atomic E-state index is 12.8. The van der Waals surface area contributed by atoms with Gasteiger partial charge in [0.05, 0.1) is 11.8 Å². The van der Waals surface area contributed by atoms with Crippen LogP contribution < -0.4 is 10.6 Å². The third-order valence-electron chi connectivity index (χ3n) is 2.67. The van der Waals surface area contributed by atoms with Crippen LogP contribution in [0.1, 0.15) is 22.0 Å². The van der Waals surface area contributed by atoms with E-state index in [-0.39, 0.29) is 31.0 Å². The van der Waals surface area contributed by atoms with Crippen LogP contribution in [-0.2, 0) is 19.3 Å². The monoisotopic (exact) mass is 273 g/mol. The Morgan fingerprint density at radius 1 is 1.58 bits per heavy atom. The molecule has 102 valence electrons. The zero-order valence-electron chi connectivity index (χ0n) is 9.71. The van der Waals surface area contributed by atoms with Gasteiger partial charge in [0.25, 0.3) is 5.91 Å². The Bertz CT molecular complexity index is 543. The molecule has 0 aliphatic carbocycles. The van der Waals surface area contributed by atoms with E-state index in [1.165, 1.54) is 0 Å². The van der Waals surface area contributed by atoms with Crippen LogP contribution >= 0.6 is 0 Å². The van der Waals surface area contributed by atoms with Crippen molar-refractivity contribution in [2.24, 2.45) is 0 Å². The van der Waals surface area contributed by atoms with Crippen molar-refractivity contribution in [1.29, 1.82) is 5.26 Å². The van der Waals surface area contributed by atoms with Gasteiger partial charge in [-0.05, 0) is 0 Å². The molecule has 1 aromatic heterocycles. The molecule has 2 rings (SSSR count). The van der Waals surface area contributed by atoms with Crippen molar-refractivity contribution < 1.29 is 18.0 Å². The number of fused-ring (bicyclic) bond motifs is 1. The highest BCUT2D eigenvalue weighted by atomic mass is 19.4. The number of rotatable bonds is 2. The molecular weight excluding hydrogens is 263 g/mol. The van der Waals surface area contributed by atoms with Gasteiger partial charge in [0.15, 0.2) is 5.69 Å². The first-order valence-corrected chi connectivity index (χ1v) is 5.47. The summed E-state index contributed by atoms with van der Waals surface area (Å²) < 4.78 is 39.4. The Balaban J connectivity index is 2.42. The molecule has 0 spiro atoms. The molecule has 2 N–H and O–H groups in total. The minimum Gasteiger partial charge on any atom is -0.338 e. The predicted molar refractivity (Wildman–Crippen MR) is 56.9 cm³/mol. The van der Waals surface area contributed by atoms with Gasteiger partial charge in [0.2, 0.25) is 5.82 Å². The first kappa shape index (κ1) is 13.4. The van der Waals surface area contributed by atoms with Crippen LogP contribution in [0.4, 0.5) is 13.2 Å². The van der Waals surface area contributed by atoms with Crippen molar-refractivity contribution >= 4 is 5.91 Å². The molecule has 1 aliphatic rings. The molecule has 6 nitrogen and oxygen atoms in total. The molecule has 1 amide bonds. The number of hydrogen-bond acceptors (Lipinski definition) is 4. The number of alkyl halides is 3. The average molecular weight is 273 g/mol. The van der Waals surface area contributed by atoms with Crippen molar-refractivity contribution in [3.63, 3.8) is 0 Å². The highest BCUT2D eigenvalue weighted by molar-refractivity contribution is 5.93. The molecule has 0 fully saturated rings. The summed E-state index contributed by atoms with van der Waals surface area (Å²) in [7, 11) is 0. The Labute approximate surface area is 106 Å². The number of hydrogen-bond donors (Lipinski definition) is 2.